The number of rotatable bonds is 5. The van der Waals surface area contributed by atoms with E-state index < -0.39 is 22.9 Å². The van der Waals surface area contributed by atoms with Gasteiger partial charge in [-0.05, 0) is 25.1 Å². The fourth-order valence-corrected chi connectivity index (χ4v) is 2.16. The van der Waals surface area contributed by atoms with Gasteiger partial charge in [0.2, 0.25) is 0 Å². The minimum Gasteiger partial charge on any atom is -0.449 e. The molecule has 0 radical (unpaired) electrons. The van der Waals surface area contributed by atoms with E-state index in [0.717, 1.165) is 0 Å². The number of anilines is 1. The number of nitro groups is 1. The second-order valence-corrected chi connectivity index (χ2v) is 5.29. The van der Waals surface area contributed by atoms with E-state index in [9.17, 15) is 19.7 Å². The Balaban J connectivity index is 1.65. The van der Waals surface area contributed by atoms with Crippen molar-refractivity contribution in [3.63, 3.8) is 0 Å². The van der Waals surface area contributed by atoms with Gasteiger partial charge in [0.25, 0.3) is 11.6 Å². The van der Waals surface area contributed by atoms with E-state index in [1.54, 1.807) is 12.3 Å². The first-order chi connectivity index (χ1) is 12.5. The molecule has 1 amide bonds. The monoisotopic (exact) mass is 355 g/mol. The molecule has 1 unspecified atom stereocenters. The van der Waals surface area contributed by atoms with Crippen LogP contribution in [0.3, 0.4) is 0 Å². The molecule has 26 heavy (non-hydrogen) atoms. The molecule has 0 saturated carbocycles. The number of hydrogen-bond donors (Lipinski definition) is 1. The van der Waals surface area contributed by atoms with Gasteiger partial charge in [-0.15, -0.1) is 0 Å². The standard InChI is InChI=1S/C16H13N5O5/c1-10(15(22)19-11-3-5-12(6-4-11)21(24)25)26-16(23)13-9-18-20-8-2-7-17-14(13)20/h2-10H,1H3,(H,19,22). The third-order valence-electron chi connectivity index (χ3n) is 3.50. The molecule has 132 valence electrons. The first-order valence-electron chi connectivity index (χ1n) is 7.50. The first-order valence-corrected chi connectivity index (χ1v) is 7.50. The molecular weight excluding hydrogens is 342 g/mol. The van der Waals surface area contributed by atoms with Crippen LogP contribution in [-0.2, 0) is 9.53 Å². The number of ether oxygens (including phenoxy) is 1. The first kappa shape index (κ1) is 17.0. The van der Waals surface area contributed by atoms with Crippen molar-refractivity contribution in [3.8, 4) is 0 Å². The molecule has 3 aromatic rings. The Morgan fingerprint density at radius 1 is 1.31 bits per heavy atom. The van der Waals surface area contributed by atoms with E-state index in [0.29, 0.717) is 11.3 Å². The van der Waals surface area contributed by atoms with Crippen LogP contribution in [0.5, 0.6) is 0 Å². The van der Waals surface area contributed by atoms with Crippen LogP contribution in [0.1, 0.15) is 17.3 Å². The van der Waals surface area contributed by atoms with E-state index in [2.05, 4.69) is 15.4 Å². The topological polar surface area (TPSA) is 129 Å². The van der Waals surface area contributed by atoms with E-state index in [1.807, 2.05) is 0 Å². The number of nitrogens with one attached hydrogen (secondary N) is 1. The minimum atomic E-state index is -1.09. The summed E-state index contributed by atoms with van der Waals surface area (Å²) in [7, 11) is 0. The Labute approximate surface area is 146 Å². The van der Waals surface area contributed by atoms with Crippen LogP contribution in [0, 0.1) is 10.1 Å². The maximum atomic E-state index is 12.2. The summed E-state index contributed by atoms with van der Waals surface area (Å²) in [4.78, 5) is 38.5. The number of esters is 1. The van der Waals surface area contributed by atoms with Crippen molar-refractivity contribution in [2.75, 3.05) is 5.32 Å². The maximum absolute atomic E-state index is 12.2. The van der Waals surface area contributed by atoms with Gasteiger partial charge in [0.1, 0.15) is 5.56 Å². The lowest BCUT2D eigenvalue weighted by molar-refractivity contribution is -0.384. The van der Waals surface area contributed by atoms with Gasteiger partial charge in [-0.1, -0.05) is 0 Å². The second kappa shape index (κ2) is 6.97. The fraction of sp³-hybridized carbons (Fsp3) is 0.125. The van der Waals surface area contributed by atoms with E-state index in [-0.39, 0.29) is 11.3 Å². The molecule has 1 aromatic carbocycles. The van der Waals surface area contributed by atoms with Crippen LogP contribution in [0.15, 0.2) is 48.9 Å². The lowest BCUT2D eigenvalue weighted by Crippen LogP contribution is -2.30. The van der Waals surface area contributed by atoms with Crippen LogP contribution < -0.4 is 5.32 Å². The number of non-ortho nitro benzene ring substituents is 1. The van der Waals surface area contributed by atoms with Crippen molar-refractivity contribution in [1.82, 2.24) is 14.6 Å². The van der Waals surface area contributed by atoms with Gasteiger partial charge in [0, 0.05) is 30.2 Å². The van der Waals surface area contributed by atoms with Crippen molar-refractivity contribution in [2.24, 2.45) is 0 Å². The molecule has 10 heteroatoms. The molecular formula is C16H13N5O5. The highest BCUT2D eigenvalue weighted by Crippen LogP contribution is 2.16. The lowest BCUT2D eigenvalue weighted by atomic mass is 10.2. The zero-order valence-electron chi connectivity index (χ0n) is 13.5. The summed E-state index contributed by atoms with van der Waals surface area (Å²) in [5.41, 5.74) is 0.713. The number of nitrogens with zero attached hydrogens (tertiary/aromatic N) is 4. The van der Waals surface area contributed by atoms with E-state index >= 15 is 0 Å². The summed E-state index contributed by atoms with van der Waals surface area (Å²) in [5, 5.41) is 17.1. The average Bonchev–Trinajstić information content (AvgIpc) is 3.06. The van der Waals surface area contributed by atoms with Crippen molar-refractivity contribution in [3.05, 3.63) is 64.6 Å². The normalized spacial score (nSPS) is 11.7. The molecule has 0 saturated heterocycles. The molecule has 1 N–H and O–H groups in total. The number of nitro benzene ring substituents is 1. The van der Waals surface area contributed by atoms with Gasteiger partial charge < -0.3 is 10.1 Å². The number of fused-ring (bicyclic) bond motifs is 1. The highest BCUT2D eigenvalue weighted by molar-refractivity contribution is 5.99. The Morgan fingerprint density at radius 3 is 2.73 bits per heavy atom. The van der Waals surface area contributed by atoms with Gasteiger partial charge in [0.05, 0.1) is 11.1 Å². The average molecular weight is 355 g/mol. The molecule has 10 nitrogen and oxygen atoms in total. The largest absolute Gasteiger partial charge is 0.449 e. The van der Waals surface area contributed by atoms with Crippen LogP contribution in [0.4, 0.5) is 11.4 Å². The molecule has 1 atom stereocenters. The maximum Gasteiger partial charge on any atom is 0.344 e. The summed E-state index contributed by atoms with van der Waals surface area (Å²) in [6.45, 7) is 1.41. The van der Waals surface area contributed by atoms with Gasteiger partial charge in [0.15, 0.2) is 11.8 Å². The Hall–Kier alpha value is -3.82. The molecule has 0 spiro atoms. The summed E-state index contributed by atoms with van der Waals surface area (Å²) >= 11 is 0. The molecule has 0 aliphatic rings. The van der Waals surface area contributed by atoms with Gasteiger partial charge >= 0.3 is 5.97 Å². The summed E-state index contributed by atoms with van der Waals surface area (Å²) in [6, 6.07) is 6.96. The lowest BCUT2D eigenvalue weighted by Gasteiger charge is -2.13. The van der Waals surface area contributed by atoms with E-state index in [1.165, 1.54) is 48.1 Å². The Kier molecular flexibility index (Phi) is 4.56. The van der Waals surface area contributed by atoms with Crippen molar-refractivity contribution < 1.29 is 19.2 Å². The van der Waals surface area contributed by atoms with Crippen LogP contribution in [-0.4, -0.2) is 37.5 Å². The molecule has 0 aliphatic carbocycles. The quantitative estimate of drug-likeness (QED) is 0.420. The fourth-order valence-electron chi connectivity index (χ4n) is 2.16. The predicted octanol–water partition coefficient (Wildman–Crippen LogP) is 1.82. The molecule has 0 bridgehead atoms. The number of carbonyl (C=O) groups excluding carboxylic acids is 2. The molecule has 0 aliphatic heterocycles. The van der Waals surface area contributed by atoms with Crippen LogP contribution in [0.2, 0.25) is 0 Å². The number of hydrogen-bond acceptors (Lipinski definition) is 7. The van der Waals surface area contributed by atoms with Crippen LogP contribution in [0.25, 0.3) is 5.65 Å². The summed E-state index contributed by atoms with van der Waals surface area (Å²) in [5.74, 6) is -1.30. The van der Waals surface area contributed by atoms with Gasteiger partial charge in [-0.2, -0.15) is 5.10 Å². The molecule has 3 rings (SSSR count). The zero-order chi connectivity index (χ0) is 18.7. The molecule has 0 fully saturated rings. The van der Waals surface area contributed by atoms with Crippen molar-refractivity contribution in [2.45, 2.75) is 13.0 Å². The summed E-state index contributed by atoms with van der Waals surface area (Å²) in [6.07, 6.45) is 3.37. The third kappa shape index (κ3) is 3.48. The number of carbonyl (C=O) groups is 2. The SMILES string of the molecule is CC(OC(=O)c1cnn2cccnc12)C(=O)Nc1ccc([N+](=O)[O-])cc1. The number of aromatic nitrogens is 3. The smallest absolute Gasteiger partial charge is 0.344 e. The predicted molar refractivity (Wildman–Crippen MR) is 89.6 cm³/mol. The van der Waals surface area contributed by atoms with E-state index in [4.69, 9.17) is 4.74 Å². The number of amides is 1. The van der Waals surface area contributed by atoms with Gasteiger partial charge in [-0.25, -0.2) is 14.3 Å². The van der Waals surface area contributed by atoms with Crippen molar-refractivity contribution in [1.29, 1.82) is 0 Å². The summed E-state index contributed by atoms with van der Waals surface area (Å²) < 4.78 is 6.56. The molecule has 2 heterocycles. The number of benzene rings is 1. The zero-order valence-corrected chi connectivity index (χ0v) is 13.5. The Bertz CT molecular complexity index is 982. The van der Waals surface area contributed by atoms with Crippen molar-refractivity contribution >= 4 is 28.9 Å². The highest BCUT2D eigenvalue weighted by Gasteiger charge is 2.22. The Morgan fingerprint density at radius 2 is 2.04 bits per heavy atom. The minimum absolute atomic E-state index is 0.0944. The highest BCUT2D eigenvalue weighted by atomic mass is 16.6. The second-order valence-electron chi connectivity index (χ2n) is 5.29. The molecule has 2 aromatic heterocycles. The van der Waals surface area contributed by atoms with Gasteiger partial charge in [-0.3, -0.25) is 14.9 Å². The van der Waals surface area contributed by atoms with Crippen LogP contribution >= 0.6 is 0 Å². The third-order valence-corrected chi connectivity index (χ3v) is 3.50.